The second-order valence-electron chi connectivity index (χ2n) is 20.8. The highest BCUT2D eigenvalue weighted by molar-refractivity contribution is 7.26. The van der Waals surface area contributed by atoms with Crippen LogP contribution in [0.5, 0.6) is 0 Å². The Morgan fingerprint density at radius 2 is 0.932 bits per heavy atom. The molecular weight excluding hydrogens is 731 g/mol. The molecule has 0 aliphatic rings. The van der Waals surface area contributed by atoms with Gasteiger partial charge in [-0.1, -0.05) is 198 Å². The third kappa shape index (κ3) is 7.97. The minimum atomic E-state index is -0.0142. The average molecular weight is 792 g/mol. The average Bonchev–Trinajstić information content (AvgIpc) is 3.57. The van der Waals surface area contributed by atoms with E-state index in [1.807, 2.05) is 11.3 Å². The molecule has 0 amide bonds. The molecular formula is C57H61NS. The van der Waals surface area contributed by atoms with Gasteiger partial charge in [0.1, 0.15) is 0 Å². The molecule has 2 heteroatoms. The predicted molar refractivity (Wildman–Crippen MR) is 261 cm³/mol. The van der Waals surface area contributed by atoms with E-state index in [2.05, 4.69) is 228 Å². The number of thiophene rings is 1. The van der Waals surface area contributed by atoms with E-state index in [9.17, 15) is 0 Å². The van der Waals surface area contributed by atoms with Gasteiger partial charge in [0.05, 0.1) is 10.4 Å². The van der Waals surface area contributed by atoms with Crippen molar-refractivity contribution >= 4 is 53.7 Å². The quantitative estimate of drug-likeness (QED) is 0.162. The molecule has 1 nitrogen and oxygen atoms in total. The maximum Gasteiger partial charge on any atom is 0.0595 e. The summed E-state index contributed by atoms with van der Waals surface area (Å²) in [6, 6.07) is 53.3. The Morgan fingerprint density at radius 1 is 0.441 bits per heavy atom. The lowest BCUT2D eigenvalue weighted by atomic mass is 9.78. The van der Waals surface area contributed by atoms with E-state index in [0.717, 1.165) is 0 Å². The second kappa shape index (κ2) is 14.8. The van der Waals surface area contributed by atoms with Gasteiger partial charge in [-0.25, -0.2) is 0 Å². The van der Waals surface area contributed by atoms with Crippen LogP contribution >= 0.6 is 11.3 Å². The van der Waals surface area contributed by atoms with Crippen molar-refractivity contribution in [2.75, 3.05) is 4.90 Å². The Kier molecular flexibility index (Phi) is 10.2. The van der Waals surface area contributed by atoms with Crippen LogP contribution in [0.25, 0.3) is 53.2 Å². The van der Waals surface area contributed by atoms with Gasteiger partial charge in [0, 0.05) is 27.7 Å². The third-order valence-electron chi connectivity index (χ3n) is 12.2. The van der Waals surface area contributed by atoms with E-state index in [4.69, 9.17) is 0 Å². The lowest BCUT2D eigenvalue weighted by molar-refractivity contribution is 0.568. The Hall–Kier alpha value is -5.18. The molecule has 0 spiro atoms. The molecule has 0 aliphatic carbocycles. The zero-order valence-electron chi connectivity index (χ0n) is 37.3. The second-order valence-corrected chi connectivity index (χ2v) is 21.8. The molecule has 0 atom stereocenters. The molecule has 0 N–H and O–H groups in total. The van der Waals surface area contributed by atoms with Gasteiger partial charge < -0.3 is 4.90 Å². The van der Waals surface area contributed by atoms with Crippen molar-refractivity contribution in [1.82, 2.24) is 0 Å². The van der Waals surface area contributed by atoms with Crippen molar-refractivity contribution in [3.05, 3.63) is 167 Å². The van der Waals surface area contributed by atoms with E-state index < -0.39 is 0 Å². The number of nitrogens with zero attached hydrogens (tertiary/aromatic N) is 1. The normalized spacial score (nSPS) is 12.8. The molecule has 1 heterocycles. The zero-order chi connectivity index (χ0) is 42.1. The SMILES string of the molecule is CC(C)(C)c1cc(-c2cccc3cccc(-c4ccccc4CN(c4cc(C(C)(C)C)cc(C(C)(C)C)c4)c4cccc5c4sc4ccccc45)c23)cc(C(C)(C)C)c1. The van der Waals surface area contributed by atoms with E-state index in [0.29, 0.717) is 6.54 Å². The number of fused-ring (bicyclic) bond motifs is 4. The summed E-state index contributed by atoms with van der Waals surface area (Å²) in [6.07, 6.45) is 0. The Labute approximate surface area is 357 Å². The Balaban J connectivity index is 1.37. The number of benzene rings is 7. The fourth-order valence-electron chi connectivity index (χ4n) is 8.44. The number of rotatable bonds is 6. The summed E-state index contributed by atoms with van der Waals surface area (Å²) in [4.78, 5) is 2.61. The summed E-state index contributed by atoms with van der Waals surface area (Å²) in [5.41, 5.74) is 14.3. The maximum absolute atomic E-state index is 2.61. The Morgan fingerprint density at radius 3 is 1.54 bits per heavy atom. The van der Waals surface area contributed by atoms with Crippen LogP contribution in [0, 0.1) is 0 Å². The smallest absolute Gasteiger partial charge is 0.0595 e. The largest absolute Gasteiger partial charge is 0.336 e. The molecule has 7 aromatic carbocycles. The molecule has 8 rings (SSSR count). The van der Waals surface area contributed by atoms with Crippen LogP contribution in [0.2, 0.25) is 0 Å². The van der Waals surface area contributed by atoms with Gasteiger partial charge in [-0.15, -0.1) is 11.3 Å². The lowest BCUT2D eigenvalue weighted by Crippen LogP contribution is -2.21. The fourth-order valence-corrected chi connectivity index (χ4v) is 9.67. The molecule has 0 aliphatic heterocycles. The van der Waals surface area contributed by atoms with Crippen molar-refractivity contribution in [2.45, 2.75) is 111 Å². The van der Waals surface area contributed by atoms with E-state index in [-0.39, 0.29) is 21.7 Å². The van der Waals surface area contributed by atoms with Crippen LogP contribution in [-0.2, 0) is 28.2 Å². The van der Waals surface area contributed by atoms with Crippen LogP contribution in [-0.4, -0.2) is 0 Å². The minimum absolute atomic E-state index is 0.0142. The van der Waals surface area contributed by atoms with Gasteiger partial charge in [0.2, 0.25) is 0 Å². The molecule has 0 unspecified atom stereocenters. The summed E-state index contributed by atoms with van der Waals surface area (Å²) in [5.74, 6) is 0. The number of anilines is 2. The summed E-state index contributed by atoms with van der Waals surface area (Å²) < 4.78 is 2.65. The molecule has 0 saturated carbocycles. The first-order valence-electron chi connectivity index (χ1n) is 21.4. The van der Waals surface area contributed by atoms with Crippen molar-refractivity contribution in [2.24, 2.45) is 0 Å². The highest BCUT2D eigenvalue weighted by atomic mass is 32.1. The maximum atomic E-state index is 2.61. The highest BCUT2D eigenvalue weighted by Crippen LogP contribution is 2.46. The van der Waals surface area contributed by atoms with Crippen molar-refractivity contribution in [3.8, 4) is 22.3 Å². The summed E-state index contributed by atoms with van der Waals surface area (Å²) in [5, 5.41) is 5.20. The van der Waals surface area contributed by atoms with Gasteiger partial charge in [-0.05, 0) is 107 Å². The van der Waals surface area contributed by atoms with E-state index >= 15 is 0 Å². The molecule has 300 valence electrons. The summed E-state index contributed by atoms with van der Waals surface area (Å²) in [7, 11) is 0. The molecule has 0 saturated heterocycles. The lowest BCUT2D eigenvalue weighted by Gasteiger charge is -2.32. The number of hydrogen-bond donors (Lipinski definition) is 0. The summed E-state index contributed by atoms with van der Waals surface area (Å²) in [6.45, 7) is 28.7. The summed E-state index contributed by atoms with van der Waals surface area (Å²) >= 11 is 1.91. The first-order chi connectivity index (χ1) is 27.8. The third-order valence-corrected chi connectivity index (χ3v) is 13.4. The highest BCUT2D eigenvalue weighted by Gasteiger charge is 2.26. The molecule has 0 bridgehead atoms. The van der Waals surface area contributed by atoms with Crippen LogP contribution in [0.15, 0.2) is 140 Å². The molecule has 0 fully saturated rings. The zero-order valence-corrected chi connectivity index (χ0v) is 38.2. The minimum Gasteiger partial charge on any atom is -0.336 e. The molecule has 8 aromatic rings. The van der Waals surface area contributed by atoms with Gasteiger partial charge in [0.25, 0.3) is 0 Å². The van der Waals surface area contributed by atoms with Crippen LogP contribution in [0.4, 0.5) is 11.4 Å². The first kappa shape index (κ1) is 40.6. The predicted octanol–water partition coefficient (Wildman–Crippen LogP) is 17.1. The van der Waals surface area contributed by atoms with Crippen LogP contribution < -0.4 is 4.90 Å². The van der Waals surface area contributed by atoms with E-state index in [1.165, 1.54) is 92.4 Å². The van der Waals surface area contributed by atoms with Crippen LogP contribution in [0.1, 0.15) is 111 Å². The first-order valence-corrected chi connectivity index (χ1v) is 22.2. The van der Waals surface area contributed by atoms with Gasteiger partial charge >= 0.3 is 0 Å². The number of hydrogen-bond acceptors (Lipinski definition) is 2. The molecule has 59 heavy (non-hydrogen) atoms. The van der Waals surface area contributed by atoms with Gasteiger partial charge in [0.15, 0.2) is 0 Å². The van der Waals surface area contributed by atoms with Gasteiger partial charge in [-0.2, -0.15) is 0 Å². The fraction of sp³-hybridized carbons (Fsp3) is 0.298. The van der Waals surface area contributed by atoms with Crippen molar-refractivity contribution < 1.29 is 0 Å². The monoisotopic (exact) mass is 791 g/mol. The van der Waals surface area contributed by atoms with E-state index in [1.54, 1.807) is 0 Å². The standard InChI is InChI=1S/C57H61NS/c1-54(2,3)40-30-39(31-41(32-40)55(4,5)6)46-25-17-21-37-22-18-26-48(52(37)46)45-23-14-13-20-38(45)36-58(44-34-42(56(7,8)9)33-43(35-44)57(10,11)12)50-28-19-27-49-47-24-15-16-29-51(47)59-53(49)50/h13-35H,36H2,1-12H3. The topological polar surface area (TPSA) is 3.24 Å². The molecule has 1 aromatic heterocycles. The van der Waals surface area contributed by atoms with Crippen LogP contribution in [0.3, 0.4) is 0 Å². The van der Waals surface area contributed by atoms with Gasteiger partial charge in [-0.3, -0.25) is 0 Å². The Bertz CT molecular complexity index is 2770. The van der Waals surface area contributed by atoms with Crippen molar-refractivity contribution in [3.63, 3.8) is 0 Å². The molecule has 0 radical (unpaired) electrons. The van der Waals surface area contributed by atoms with Crippen molar-refractivity contribution in [1.29, 1.82) is 0 Å².